The average molecular weight is 349 g/mol. The first-order valence-corrected chi connectivity index (χ1v) is 9.53. The van der Waals surface area contributed by atoms with Gasteiger partial charge in [-0.1, -0.05) is 6.07 Å². The van der Waals surface area contributed by atoms with Crippen LogP contribution < -0.4 is 0 Å². The predicted octanol–water partition coefficient (Wildman–Crippen LogP) is 1.91. The van der Waals surface area contributed by atoms with Gasteiger partial charge in [0.05, 0.1) is 23.1 Å². The lowest BCUT2D eigenvalue weighted by molar-refractivity contribution is 0.358. The van der Waals surface area contributed by atoms with Crippen molar-refractivity contribution in [1.29, 1.82) is 0 Å². The standard InChI is InChI=1S/C16H23N5O2S/c1-4-20-15(10-11-17-20)13-7-5-8-14(18-13)16-9-6-12-21(16)24(22,23)19(2)3/h5,7-8,10-11,16H,4,6,9,12H2,1-3H3/t16-/m1/s1. The van der Waals surface area contributed by atoms with Crippen LogP contribution in [0, 0.1) is 0 Å². The van der Waals surface area contributed by atoms with Gasteiger partial charge in [0.2, 0.25) is 0 Å². The lowest BCUT2D eigenvalue weighted by atomic mass is 10.1. The summed E-state index contributed by atoms with van der Waals surface area (Å²) in [6.07, 6.45) is 3.39. The molecule has 0 amide bonds. The lowest BCUT2D eigenvalue weighted by Crippen LogP contribution is -2.39. The summed E-state index contributed by atoms with van der Waals surface area (Å²) in [5.74, 6) is 0. The molecule has 8 heteroatoms. The first kappa shape index (κ1) is 17.1. The third-order valence-corrected chi connectivity index (χ3v) is 6.30. The van der Waals surface area contributed by atoms with Gasteiger partial charge in [-0.25, -0.2) is 4.98 Å². The zero-order chi connectivity index (χ0) is 17.3. The Kier molecular flexibility index (Phi) is 4.71. The molecule has 0 aliphatic carbocycles. The molecule has 0 radical (unpaired) electrons. The van der Waals surface area contributed by atoms with E-state index in [1.165, 1.54) is 4.31 Å². The van der Waals surface area contributed by atoms with Crippen LogP contribution in [0.2, 0.25) is 0 Å². The van der Waals surface area contributed by atoms with E-state index in [2.05, 4.69) is 5.10 Å². The van der Waals surface area contributed by atoms with Crippen molar-refractivity contribution < 1.29 is 8.42 Å². The Morgan fingerprint density at radius 2 is 2.08 bits per heavy atom. The second-order valence-corrected chi connectivity index (χ2v) is 8.13. The highest BCUT2D eigenvalue weighted by Crippen LogP contribution is 2.34. The Morgan fingerprint density at radius 1 is 1.29 bits per heavy atom. The van der Waals surface area contributed by atoms with Crippen molar-refractivity contribution in [3.05, 3.63) is 36.2 Å². The van der Waals surface area contributed by atoms with Crippen LogP contribution in [0.1, 0.15) is 31.5 Å². The summed E-state index contributed by atoms with van der Waals surface area (Å²) in [5.41, 5.74) is 2.56. The zero-order valence-corrected chi connectivity index (χ0v) is 15.1. The Balaban J connectivity index is 1.97. The first-order valence-electron chi connectivity index (χ1n) is 8.13. The summed E-state index contributed by atoms with van der Waals surface area (Å²) < 4.78 is 29.8. The maximum absolute atomic E-state index is 12.5. The van der Waals surface area contributed by atoms with Crippen molar-refractivity contribution in [2.45, 2.75) is 32.4 Å². The molecule has 7 nitrogen and oxygen atoms in total. The lowest BCUT2D eigenvalue weighted by Gasteiger charge is -2.26. The fourth-order valence-electron chi connectivity index (χ4n) is 3.10. The van der Waals surface area contributed by atoms with E-state index in [1.807, 2.05) is 35.9 Å². The molecule has 1 fully saturated rings. The normalized spacial score (nSPS) is 19.2. The van der Waals surface area contributed by atoms with E-state index in [4.69, 9.17) is 4.98 Å². The topological polar surface area (TPSA) is 71.3 Å². The molecule has 0 bridgehead atoms. The fourth-order valence-corrected chi connectivity index (χ4v) is 4.42. The Morgan fingerprint density at radius 3 is 2.79 bits per heavy atom. The molecule has 0 N–H and O–H groups in total. The van der Waals surface area contributed by atoms with Crippen molar-refractivity contribution in [3.63, 3.8) is 0 Å². The van der Waals surface area contributed by atoms with Gasteiger partial charge in [-0.05, 0) is 38.0 Å². The average Bonchev–Trinajstić information content (AvgIpc) is 3.24. The van der Waals surface area contributed by atoms with Gasteiger partial charge in [0, 0.05) is 33.4 Å². The van der Waals surface area contributed by atoms with E-state index >= 15 is 0 Å². The molecule has 3 heterocycles. The third kappa shape index (κ3) is 2.97. The largest absolute Gasteiger partial charge is 0.282 e. The maximum Gasteiger partial charge on any atom is 0.282 e. The Hall–Kier alpha value is -1.77. The molecule has 3 rings (SSSR count). The smallest absolute Gasteiger partial charge is 0.264 e. The highest BCUT2D eigenvalue weighted by atomic mass is 32.2. The van der Waals surface area contributed by atoms with Gasteiger partial charge in [-0.3, -0.25) is 4.68 Å². The minimum Gasteiger partial charge on any atom is -0.264 e. The number of rotatable bonds is 5. The Labute approximate surface area is 143 Å². The molecule has 0 saturated carbocycles. The monoisotopic (exact) mass is 349 g/mol. The van der Waals surface area contributed by atoms with E-state index in [1.54, 1.807) is 24.6 Å². The molecular weight excluding hydrogens is 326 g/mol. The van der Waals surface area contributed by atoms with E-state index in [9.17, 15) is 8.42 Å². The van der Waals surface area contributed by atoms with Gasteiger partial charge < -0.3 is 0 Å². The van der Waals surface area contributed by atoms with Crippen molar-refractivity contribution in [2.24, 2.45) is 0 Å². The second-order valence-electron chi connectivity index (χ2n) is 6.04. The molecule has 0 unspecified atom stereocenters. The SMILES string of the molecule is CCn1nccc1-c1cccc([C@H]2CCCN2S(=O)(=O)N(C)C)n1. The van der Waals surface area contributed by atoms with Gasteiger partial charge >= 0.3 is 0 Å². The summed E-state index contributed by atoms with van der Waals surface area (Å²) >= 11 is 0. The molecular formula is C16H23N5O2S. The molecule has 1 aliphatic heterocycles. The number of hydrogen-bond acceptors (Lipinski definition) is 4. The molecule has 2 aromatic rings. The van der Waals surface area contributed by atoms with E-state index in [0.717, 1.165) is 36.5 Å². The highest BCUT2D eigenvalue weighted by Gasteiger charge is 2.37. The molecule has 2 aromatic heterocycles. The number of aromatic nitrogens is 3. The summed E-state index contributed by atoms with van der Waals surface area (Å²) in [4.78, 5) is 4.74. The predicted molar refractivity (Wildman–Crippen MR) is 92.4 cm³/mol. The van der Waals surface area contributed by atoms with E-state index in [-0.39, 0.29) is 6.04 Å². The summed E-state index contributed by atoms with van der Waals surface area (Å²) in [5, 5.41) is 4.28. The number of hydrogen-bond donors (Lipinski definition) is 0. The number of nitrogens with zero attached hydrogens (tertiary/aromatic N) is 5. The highest BCUT2D eigenvalue weighted by molar-refractivity contribution is 7.86. The molecule has 0 spiro atoms. The van der Waals surface area contributed by atoms with Gasteiger partial charge in [0.1, 0.15) is 0 Å². The van der Waals surface area contributed by atoms with Crippen LogP contribution >= 0.6 is 0 Å². The second kappa shape index (κ2) is 6.62. The van der Waals surface area contributed by atoms with E-state index < -0.39 is 10.2 Å². The molecule has 0 aromatic carbocycles. The fraction of sp³-hybridized carbons (Fsp3) is 0.500. The quantitative estimate of drug-likeness (QED) is 0.827. The Bertz CT molecular complexity index is 815. The van der Waals surface area contributed by atoms with Crippen LogP contribution in [-0.4, -0.2) is 52.4 Å². The summed E-state index contributed by atoms with van der Waals surface area (Å²) in [7, 11) is -0.317. The molecule has 1 aliphatic rings. The molecule has 1 saturated heterocycles. The maximum atomic E-state index is 12.5. The minimum atomic E-state index is -3.44. The van der Waals surface area contributed by atoms with Crippen LogP contribution in [0.15, 0.2) is 30.5 Å². The summed E-state index contributed by atoms with van der Waals surface area (Å²) in [6.45, 7) is 3.32. The molecule has 1 atom stereocenters. The van der Waals surface area contributed by atoms with Crippen LogP contribution in [-0.2, 0) is 16.8 Å². The van der Waals surface area contributed by atoms with Gasteiger partial charge in [-0.15, -0.1) is 0 Å². The zero-order valence-electron chi connectivity index (χ0n) is 14.3. The molecule has 130 valence electrons. The van der Waals surface area contributed by atoms with Crippen LogP contribution in [0.25, 0.3) is 11.4 Å². The van der Waals surface area contributed by atoms with Gasteiger partial charge in [0.15, 0.2) is 0 Å². The molecule has 24 heavy (non-hydrogen) atoms. The minimum absolute atomic E-state index is 0.213. The number of pyridine rings is 1. The van der Waals surface area contributed by atoms with E-state index in [0.29, 0.717) is 6.54 Å². The van der Waals surface area contributed by atoms with Crippen LogP contribution in [0.5, 0.6) is 0 Å². The first-order chi connectivity index (χ1) is 11.4. The van der Waals surface area contributed by atoms with Crippen LogP contribution in [0.4, 0.5) is 0 Å². The number of aryl methyl sites for hydroxylation is 1. The third-order valence-electron chi connectivity index (χ3n) is 4.35. The van der Waals surface area contributed by atoms with Crippen molar-refractivity contribution in [2.75, 3.05) is 20.6 Å². The summed E-state index contributed by atoms with van der Waals surface area (Å²) in [6, 6.07) is 7.49. The van der Waals surface area contributed by atoms with Gasteiger partial charge in [-0.2, -0.15) is 22.1 Å². The van der Waals surface area contributed by atoms with Crippen molar-refractivity contribution >= 4 is 10.2 Å². The van der Waals surface area contributed by atoms with Crippen molar-refractivity contribution in [3.8, 4) is 11.4 Å². The van der Waals surface area contributed by atoms with Crippen LogP contribution in [0.3, 0.4) is 0 Å². The van der Waals surface area contributed by atoms with Crippen molar-refractivity contribution in [1.82, 2.24) is 23.4 Å². The van der Waals surface area contributed by atoms with Gasteiger partial charge in [0.25, 0.3) is 10.2 Å².